The molecular formula is C14H12ClNO4S. The lowest BCUT2D eigenvalue weighted by molar-refractivity contribution is 0.0697. The summed E-state index contributed by atoms with van der Waals surface area (Å²) in [6.07, 6.45) is 0. The summed E-state index contributed by atoms with van der Waals surface area (Å²) in [5.74, 6) is -1.08. The molecule has 0 saturated heterocycles. The van der Waals surface area contributed by atoms with E-state index in [4.69, 9.17) is 16.7 Å². The van der Waals surface area contributed by atoms with Crippen molar-refractivity contribution in [1.29, 1.82) is 0 Å². The summed E-state index contributed by atoms with van der Waals surface area (Å²) >= 11 is 5.95. The van der Waals surface area contributed by atoms with E-state index in [0.717, 1.165) is 0 Å². The Bertz CT molecular complexity index is 765. The van der Waals surface area contributed by atoms with Gasteiger partial charge in [0.25, 0.3) is 10.0 Å². The summed E-state index contributed by atoms with van der Waals surface area (Å²) in [6.45, 7) is 1.65. The third-order valence-corrected chi connectivity index (χ3v) is 4.83. The van der Waals surface area contributed by atoms with Gasteiger partial charge in [-0.25, -0.2) is 13.2 Å². The van der Waals surface area contributed by atoms with Gasteiger partial charge < -0.3 is 5.11 Å². The number of aromatic carboxylic acids is 1. The Kier molecular flexibility index (Phi) is 4.20. The molecule has 0 amide bonds. The number of hydrogen-bond acceptors (Lipinski definition) is 3. The van der Waals surface area contributed by atoms with Gasteiger partial charge in [-0.15, -0.1) is 0 Å². The second-order valence-corrected chi connectivity index (χ2v) is 6.40. The van der Waals surface area contributed by atoms with Crippen LogP contribution in [0, 0.1) is 6.92 Å². The number of carboxylic acids is 1. The topological polar surface area (TPSA) is 83.5 Å². The van der Waals surface area contributed by atoms with Gasteiger partial charge in [-0.1, -0.05) is 23.7 Å². The van der Waals surface area contributed by atoms with Crippen LogP contribution in [0.3, 0.4) is 0 Å². The molecule has 2 rings (SSSR count). The molecule has 2 aromatic carbocycles. The van der Waals surface area contributed by atoms with Gasteiger partial charge in [0.15, 0.2) is 0 Å². The van der Waals surface area contributed by atoms with Crippen molar-refractivity contribution in [3.05, 3.63) is 58.6 Å². The van der Waals surface area contributed by atoms with Crippen LogP contribution in [0.25, 0.3) is 0 Å². The SMILES string of the molecule is Cc1cccc(Cl)c1S(=O)(=O)Nc1ccc(C(=O)O)cc1. The van der Waals surface area contributed by atoms with E-state index in [9.17, 15) is 13.2 Å². The molecule has 0 spiro atoms. The zero-order valence-electron chi connectivity index (χ0n) is 11.0. The highest BCUT2D eigenvalue weighted by Crippen LogP contribution is 2.26. The highest BCUT2D eigenvalue weighted by molar-refractivity contribution is 7.92. The average Bonchev–Trinajstić information content (AvgIpc) is 2.38. The van der Waals surface area contributed by atoms with Crippen molar-refractivity contribution in [3.8, 4) is 0 Å². The minimum Gasteiger partial charge on any atom is -0.478 e. The van der Waals surface area contributed by atoms with Gasteiger partial charge in [0.1, 0.15) is 4.90 Å². The molecule has 0 bridgehead atoms. The fraction of sp³-hybridized carbons (Fsp3) is 0.0714. The van der Waals surface area contributed by atoms with Crippen molar-refractivity contribution in [3.63, 3.8) is 0 Å². The molecular weight excluding hydrogens is 314 g/mol. The van der Waals surface area contributed by atoms with E-state index in [1.807, 2.05) is 0 Å². The van der Waals surface area contributed by atoms with Crippen LogP contribution in [0.5, 0.6) is 0 Å². The molecule has 0 aliphatic rings. The van der Waals surface area contributed by atoms with E-state index >= 15 is 0 Å². The predicted octanol–water partition coefficient (Wildman–Crippen LogP) is 3.15. The summed E-state index contributed by atoms with van der Waals surface area (Å²) in [7, 11) is -3.84. The van der Waals surface area contributed by atoms with Gasteiger partial charge in [0.05, 0.1) is 10.6 Å². The number of rotatable bonds is 4. The first kappa shape index (κ1) is 15.3. The lowest BCUT2D eigenvalue weighted by atomic mass is 10.2. The fourth-order valence-electron chi connectivity index (χ4n) is 1.84. The van der Waals surface area contributed by atoms with E-state index in [1.54, 1.807) is 19.1 Å². The van der Waals surface area contributed by atoms with Gasteiger partial charge in [0, 0.05) is 5.69 Å². The number of benzene rings is 2. The third kappa shape index (κ3) is 3.34. The van der Waals surface area contributed by atoms with Crippen molar-refractivity contribution in [2.45, 2.75) is 11.8 Å². The van der Waals surface area contributed by atoms with Gasteiger partial charge in [-0.2, -0.15) is 0 Å². The molecule has 2 aromatic rings. The maximum Gasteiger partial charge on any atom is 0.335 e. The van der Waals surface area contributed by atoms with Crippen molar-refractivity contribution >= 4 is 33.3 Å². The summed E-state index contributed by atoms with van der Waals surface area (Å²) < 4.78 is 27.1. The Labute approximate surface area is 127 Å². The van der Waals surface area contributed by atoms with Crippen LogP contribution in [-0.2, 0) is 10.0 Å². The molecule has 21 heavy (non-hydrogen) atoms. The molecule has 0 radical (unpaired) electrons. The van der Waals surface area contributed by atoms with Crippen molar-refractivity contribution in [1.82, 2.24) is 0 Å². The molecule has 0 aromatic heterocycles. The largest absolute Gasteiger partial charge is 0.478 e. The summed E-state index contributed by atoms with van der Waals surface area (Å²) in [5.41, 5.74) is 0.864. The first-order chi connectivity index (χ1) is 9.81. The number of carboxylic acid groups (broad SMARTS) is 1. The number of aryl methyl sites for hydroxylation is 1. The van der Waals surface area contributed by atoms with Crippen LogP contribution < -0.4 is 4.72 Å². The molecule has 0 aliphatic carbocycles. The van der Waals surface area contributed by atoms with E-state index < -0.39 is 16.0 Å². The Morgan fingerprint density at radius 1 is 1.14 bits per heavy atom. The molecule has 0 atom stereocenters. The van der Waals surface area contributed by atoms with Crippen LogP contribution >= 0.6 is 11.6 Å². The monoisotopic (exact) mass is 325 g/mol. The third-order valence-electron chi connectivity index (χ3n) is 2.82. The highest BCUT2D eigenvalue weighted by atomic mass is 35.5. The van der Waals surface area contributed by atoms with Gasteiger partial charge >= 0.3 is 5.97 Å². The summed E-state index contributed by atoms with van der Waals surface area (Å²) in [4.78, 5) is 10.8. The number of nitrogens with one attached hydrogen (secondary N) is 1. The quantitative estimate of drug-likeness (QED) is 0.904. The highest BCUT2D eigenvalue weighted by Gasteiger charge is 2.20. The zero-order valence-corrected chi connectivity index (χ0v) is 12.6. The van der Waals surface area contributed by atoms with Crippen LogP contribution in [-0.4, -0.2) is 19.5 Å². The smallest absolute Gasteiger partial charge is 0.335 e. The van der Waals surface area contributed by atoms with E-state index in [0.29, 0.717) is 5.56 Å². The lowest BCUT2D eigenvalue weighted by Crippen LogP contribution is -2.15. The van der Waals surface area contributed by atoms with Crippen LogP contribution in [0.2, 0.25) is 5.02 Å². The maximum atomic E-state index is 12.4. The fourth-order valence-corrected chi connectivity index (χ4v) is 3.74. The van der Waals surface area contributed by atoms with Crippen LogP contribution in [0.15, 0.2) is 47.4 Å². The molecule has 5 nitrogen and oxygen atoms in total. The molecule has 110 valence electrons. The van der Waals surface area contributed by atoms with Crippen LogP contribution in [0.4, 0.5) is 5.69 Å². The number of halogens is 1. The Balaban J connectivity index is 2.35. The van der Waals surface area contributed by atoms with E-state index in [-0.39, 0.29) is 21.2 Å². The number of sulfonamides is 1. The van der Waals surface area contributed by atoms with E-state index in [2.05, 4.69) is 4.72 Å². The number of carbonyl (C=O) groups is 1. The van der Waals surface area contributed by atoms with E-state index in [1.165, 1.54) is 30.3 Å². The molecule has 2 N–H and O–H groups in total. The summed E-state index contributed by atoms with van der Waals surface area (Å²) in [6, 6.07) is 10.2. The minimum atomic E-state index is -3.84. The first-order valence-electron chi connectivity index (χ1n) is 5.92. The Morgan fingerprint density at radius 2 is 1.76 bits per heavy atom. The van der Waals surface area contributed by atoms with Gasteiger partial charge in [-0.05, 0) is 42.8 Å². The van der Waals surface area contributed by atoms with Gasteiger partial charge in [0.2, 0.25) is 0 Å². The molecule has 0 aliphatic heterocycles. The standard InChI is InChI=1S/C14H12ClNO4S/c1-9-3-2-4-12(15)13(9)21(19,20)16-11-7-5-10(6-8-11)14(17)18/h2-8,16H,1H3,(H,17,18). The Morgan fingerprint density at radius 3 is 2.29 bits per heavy atom. The van der Waals surface area contributed by atoms with Crippen molar-refractivity contribution in [2.24, 2.45) is 0 Å². The molecule has 0 fully saturated rings. The number of hydrogen-bond donors (Lipinski definition) is 2. The van der Waals surface area contributed by atoms with Crippen molar-refractivity contribution < 1.29 is 18.3 Å². The number of anilines is 1. The lowest BCUT2D eigenvalue weighted by Gasteiger charge is -2.11. The predicted molar refractivity (Wildman–Crippen MR) is 80.4 cm³/mol. The van der Waals surface area contributed by atoms with Gasteiger partial charge in [-0.3, -0.25) is 4.72 Å². The normalized spacial score (nSPS) is 11.1. The molecule has 0 saturated carbocycles. The van der Waals surface area contributed by atoms with Crippen molar-refractivity contribution in [2.75, 3.05) is 4.72 Å². The minimum absolute atomic E-state index is 0.00831. The van der Waals surface area contributed by atoms with Crippen LogP contribution in [0.1, 0.15) is 15.9 Å². The molecule has 0 unspecified atom stereocenters. The molecule has 0 heterocycles. The molecule has 7 heteroatoms. The Hall–Kier alpha value is -2.05. The first-order valence-corrected chi connectivity index (χ1v) is 7.78. The maximum absolute atomic E-state index is 12.4. The summed E-state index contributed by atoms with van der Waals surface area (Å²) in [5, 5.41) is 8.93. The average molecular weight is 326 g/mol. The second-order valence-electron chi connectivity index (χ2n) is 4.37. The second kappa shape index (κ2) is 5.75. The zero-order chi connectivity index (χ0) is 15.6.